The van der Waals surface area contributed by atoms with Gasteiger partial charge in [0.25, 0.3) is 0 Å². The molecule has 1 amide bonds. The van der Waals surface area contributed by atoms with Gasteiger partial charge in [-0.1, -0.05) is 6.92 Å². The zero-order chi connectivity index (χ0) is 15.1. The Bertz CT molecular complexity index is 447. The summed E-state index contributed by atoms with van der Waals surface area (Å²) in [5.41, 5.74) is 6.35. The normalized spacial score (nSPS) is 13.4. The number of hydrogen-bond acceptors (Lipinski definition) is 4. The van der Waals surface area contributed by atoms with Crippen molar-refractivity contribution in [3.63, 3.8) is 0 Å². The van der Waals surface area contributed by atoms with Crippen LogP contribution in [0.1, 0.15) is 27.7 Å². The Kier molecular flexibility index (Phi) is 6.31. The number of carbonyl (C=O) groups excluding carboxylic acids is 1. The van der Waals surface area contributed by atoms with Crippen LogP contribution in [0.5, 0.6) is 11.5 Å². The highest BCUT2D eigenvalue weighted by atomic mass is 16.5. The molecule has 0 saturated carbocycles. The molecule has 0 radical (unpaired) electrons. The van der Waals surface area contributed by atoms with E-state index >= 15 is 0 Å². The van der Waals surface area contributed by atoms with Gasteiger partial charge in [0.2, 0.25) is 5.91 Å². The number of anilines is 1. The molecule has 0 heterocycles. The summed E-state index contributed by atoms with van der Waals surface area (Å²) in [6.45, 7) is 8.51. The Morgan fingerprint density at radius 2 is 1.90 bits per heavy atom. The molecular weight excluding hydrogens is 256 g/mol. The van der Waals surface area contributed by atoms with Gasteiger partial charge in [-0.05, 0) is 32.9 Å². The van der Waals surface area contributed by atoms with E-state index in [0.717, 1.165) is 0 Å². The van der Waals surface area contributed by atoms with E-state index in [4.69, 9.17) is 15.2 Å². The van der Waals surface area contributed by atoms with E-state index < -0.39 is 0 Å². The third-order valence-corrected chi connectivity index (χ3v) is 3.02. The minimum atomic E-state index is -0.278. The molecule has 2 atom stereocenters. The third kappa shape index (κ3) is 4.42. The maximum atomic E-state index is 12.1. The lowest BCUT2D eigenvalue weighted by molar-refractivity contribution is -0.119. The minimum absolute atomic E-state index is 0.130. The highest BCUT2D eigenvalue weighted by Crippen LogP contribution is 2.30. The standard InChI is InChI=1S/C15H24N2O3/c1-5-19-12-7-8-14(20-6-2)13(9-12)17-15(18)10(3)11(4)16/h7-11H,5-6,16H2,1-4H3,(H,17,18). The van der Waals surface area contributed by atoms with Crippen LogP contribution in [0.25, 0.3) is 0 Å². The molecule has 20 heavy (non-hydrogen) atoms. The van der Waals surface area contributed by atoms with Crippen molar-refractivity contribution in [2.45, 2.75) is 33.7 Å². The predicted octanol–water partition coefficient (Wildman–Crippen LogP) is 2.41. The number of benzene rings is 1. The van der Waals surface area contributed by atoms with Crippen molar-refractivity contribution in [2.75, 3.05) is 18.5 Å². The number of hydrogen-bond donors (Lipinski definition) is 2. The van der Waals surface area contributed by atoms with Gasteiger partial charge in [-0.25, -0.2) is 0 Å². The second-order valence-electron chi connectivity index (χ2n) is 4.66. The Morgan fingerprint density at radius 1 is 1.25 bits per heavy atom. The molecule has 0 fully saturated rings. The molecule has 3 N–H and O–H groups in total. The first kappa shape index (κ1) is 16.3. The van der Waals surface area contributed by atoms with Crippen LogP contribution in [0.15, 0.2) is 18.2 Å². The molecule has 5 heteroatoms. The summed E-state index contributed by atoms with van der Waals surface area (Å²) in [6, 6.07) is 5.17. The number of nitrogens with one attached hydrogen (secondary N) is 1. The molecular formula is C15H24N2O3. The van der Waals surface area contributed by atoms with Crippen LogP contribution in [0, 0.1) is 5.92 Å². The zero-order valence-electron chi connectivity index (χ0n) is 12.6. The van der Waals surface area contributed by atoms with E-state index in [1.165, 1.54) is 0 Å². The lowest BCUT2D eigenvalue weighted by Gasteiger charge is -2.18. The van der Waals surface area contributed by atoms with E-state index in [1.807, 2.05) is 26.8 Å². The molecule has 1 aromatic rings. The van der Waals surface area contributed by atoms with Crippen molar-refractivity contribution in [3.05, 3.63) is 18.2 Å². The van der Waals surface area contributed by atoms with Gasteiger partial charge in [-0.2, -0.15) is 0 Å². The van der Waals surface area contributed by atoms with Crippen LogP contribution in [-0.2, 0) is 4.79 Å². The Balaban J connectivity index is 2.94. The van der Waals surface area contributed by atoms with Crippen molar-refractivity contribution < 1.29 is 14.3 Å². The molecule has 0 aromatic heterocycles. The average molecular weight is 280 g/mol. The van der Waals surface area contributed by atoms with Crippen LogP contribution in [0.3, 0.4) is 0 Å². The van der Waals surface area contributed by atoms with Gasteiger partial charge in [0.05, 0.1) is 24.8 Å². The second kappa shape index (κ2) is 7.75. The van der Waals surface area contributed by atoms with Crippen LogP contribution in [0.2, 0.25) is 0 Å². The fraction of sp³-hybridized carbons (Fsp3) is 0.533. The molecule has 0 aliphatic rings. The molecule has 1 aromatic carbocycles. The van der Waals surface area contributed by atoms with Gasteiger partial charge in [-0.3, -0.25) is 4.79 Å². The van der Waals surface area contributed by atoms with E-state index in [9.17, 15) is 4.79 Å². The smallest absolute Gasteiger partial charge is 0.228 e. The average Bonchev–Trinajstić information content (AvgIpc) is 2.41. The van der Waals surface area contributed by atoms with Crippen molar-refractivity contribution in [1.29, 1.82) is 0 Å². The van der Waals surface area contributed by atoms with Gasteiger partial charge >= 0.3 is 0 Å². The van der Waals surface area contributed by atoms with Crippen LogP contribution in [-0.4, -0.2) is 25.2 Å². The number of amides is 1. The summed E-state index contributed by atoms with van der Waals surface area (Å²) in [4.78, 5) is 12.1. The number of ether oxygens (including phenoxy) is 2. The van der Waals surface area contributed by atoms with Gasteiger partial charge in [0.1, 0.15) is 11.5 Å². The fourth-order valence-electron chi connectivity index (χ4n) is 1.63. The number of rotatable bonds is 7. The Morgan fingerprint density at radius 3 is 2.45 bits per heavy atom. The second-order valence-corrected chi connectivity index (χ2v) is 4.66. The third-order valence-electron chi connectivity index (χ3n) is 3.02. The zero-order valence-corrected chi connectivity index (χ0v) is 12.6. The quantitative estimate of drug-likeness (QED) is 0.804. The Hall–Kier alpha value is -1.75. The summed E-state index contributed by atoms with van der Waals surface area (Å²) in [5.74, 6) is 0.913. The molecule has 2 unspecified atom stereocenters. The van der Waals surface area contributed by atoms with Gasteiger partial charge in [0, 0.05) is 12.1 Å². The van der Waals surface area contributed by atoms with Gasteiger partial charge < -0.3 is 20.5 Å². The minimum Gasteiger partial charge on any atom is -0.494 e. The Labute approximate surface area is 120 Å². The van der Waals surface area contributed by atoms with Crippen LogP contribution < -0.4 is 20.5 Å². The van der Waals surface area contributed by atoms with E-state index in [-0.39, 0.29) is 17.9 Å². The largest absolute Gasteiger partial charge is 0.494 e. The molecule has 5 nitrogen and oxygen atoms in total. The van der Waals surface area contributed by atoms with Gasteiger partial charge in [-0.15, -0.1) is 0 Å². The summed E-state index contributed by atoms with van der Waals surface area (Å²) in [5, 5.41) is 2.85. The van der Waals surface area contributed by atoms with E-state index in [0.29, 0.717) is 30.4 Å². The summed E-state index contributed by atoms with van der Waals surface area (Å²) >= 11 is 0. The topological polar surface area (TPSA) is 73.6 Å². The highest BCUT2D eigenvalue weighted by molar-refractivity contribution is 5.94. The fourth-order valence-corrected chi connectivity index (χ4v) is 1.63. The summed E-state index contributed by atoms with van der Waals surface area (Å²) in [7, 11) is 0. The first-order chi connectivity index (χ1) is 9.49. The SMILES string of the molecule is CCOc1ccc(OCC)c(NC(=O)C(C)C(C)N)c1. The van der Waals surface area contributed by atoms with E-state index in [1.54, 1.807) is 19.1 Å². The molecule has 0 aliphatic heterocycles. The molecule has 0 aliphatic carbocycles. The molecule has 0 spiro atoms. The molecule has 0 saturated heterocycles. The monoisotopic (exact) mass is 280 g/mol. The highest BCUT2D eigenvalue weighted by Gasteiger charge is 2.18. The lowest BCUT2D eigenvalue weighted by Crippen LogP contribution is -2.34. The summed E-state index contributed by atoms with van der Waals surface area (Å²) < 4.78 is 10.9. The van der Waals surface area contributed by atoms with Crippen molar-refractivity contribution >= 4 is 11.6 Å². The predicted molar refractivity (Wildman–Crippen MR) is 80.2 cm³/mol. The van der Waals surface area contributed by atoms with Crippen molar-refractivity contribution in [2.24, 2.45) is 11.7 Å². The number of nitrogens with two attached hydrogens (primary N) is 1. The summed E-state index contributed by atoms with van der Waals surface area (Å²) in [6.07, 6.45) is 0. The van der Waals surface area contributed by atoms with Crippen molar-refractivity contribution in [1.82, 2.24) is 0 Å². The van der Waals surface area contributed by atoms with Gasteiger partial charge in [0.15, 0.2) is 0 Å². The lowest BCUT2D eigenvalue weighted by atomic mass is 10.0. The maximum absolute atomic E-state index is 12.1. The molecule has 1 rings (SSSR count). The first-order valence-electron chi connectivity index (χ1n) is 6.95. The van der Waals surface area contributed by atoms with Crippen LogP contribution >= 0.6 is 0 Å². The van der Waals surface area contributed by atoms with Crippen LogP contribution in [0.4, 0.5) is 5.69 Å². The first-order valence-corrected chi connectivity index (χ1v) is 6.95. The molecule has 112 valence electrons. The molecule has 0 bridgehead atoms. The van der Waals surface area contributed by atoms with E-state index in [2.05, 4.69) is 5.32 Å². The van der Waals surface area contributed by atoms with Crippen molar-refractivity contribution in [3.8, 4) is 11.5 Å². The maximum Gasteiger partial charge on any atom is 0.228 e. The number of carbonyl (C=O) groups is 1.